The van der Waals surface area contributed by atoms with Crippen LogP contribution in [0.15, 0.2) is 57.7 Å². The molecule has 37 heavy (non-hydrogen) atoms. The first-order chi connectivity index (χ1) is 17.7. The lowest BCUT2D eigenvalue weighted by Gasteiger charge is -2.39. The number of Topliss-reactive ketones (excluding diaryl/α,β-unsaturated/α-hetero) is 1. The average Bonchev–Trinajstić information content (AvgIpc) is 3.30. The molecule has 0 radical (unpaired) electrons. The molecule has 2 fully saturated rings. The van der Waals surface area contributed by atoms with Crippen molar-refractivity contribution in [2.75, 3.05) is 32.8 Å². The van der Waals surface area contributed by atoms with Gasteiger partial charge >= 0.3 is 5.63 Å². The molecule has 1 aromatic heterocycles. The van der Waals surface area contributed by atoms with E-state index in [4.69, 9.17) is 9.15 Å². The molecule has 3 heterocycles. The molecule has 5 rings (SSSR count). The van der Waals surface area contributed by atoms with E-state index in [0.29, 0.717) is 48.6 Å². The van der Waals surface area contributed by atoms with Gasteiger partial charge in [0.2, 0.25) is 0 Å². The van der Waals surface area contributed by atoms with Gasteiger partial charge in [-0.1, -0.05) is 12.1 Å². The molecular weight excluding hydrogens is 472 g/mol. The number of carbonyl (C=O) groups excluding carboxylic acids is 3. The Kier molecular flexibility index (Phi) is 6.58. The van der Waals surface area contributed by atoms with Crippen LogP contribution in [0.5, 0.6) is 5.75 Å². The van der Waals surface area contributed by atoms with Crippen molar-refractivity contribution in [2.45, 2.75) is 33.1 Å². The molecule has 3 aromatic rings. The quantitative estimate of drug-likeness (QED) is 0.389. The minimum absolute atomic E-state index is 0.0225. The number of likely N-dealkylation sites (tertiary alicyclic amines) is 2. The zero-order chi connectivity index (χ0) is 26.2. The van der Waals surface area contributed by atoms with E-state index in [-0.39, 0.29) is 29.6 Å². The van der Waals surface area contributed by atoms with Crippen LogP contribution in [0.1, 0.15) is 52.5 Å². The second-order valence-corrected chi connectivity index (χ2v) is 10.2. The normalized spacial score (nSPS) is 16.8. The molecule has 2 saturated heterocycles. The van der Waals surface area contributed by atoms with E-state index in [1.165, 1.54) is 13.0 Å². The second kappa shape index (κ2) is 9.84. The van der Waals surface area contributed by atoms with E-state index in [0.717, 1.165) is 30.2 Å². The second-order valence-electron chi connectivity index (χ2n) is 10.2. The Morgan fingerprint density at radius 2 is 1.57 bits per heavy atom. The Balaban J connectivity index is 1.14. The van der Waals surface area contributed by atoms with E-state index >= 15 is 0 Å². The predicted molar refractivity (Wildman–Crippen MR) is 138 cm³/mol. The summed E-state index contributed by atoms with van der Waals surface area (Å²) >= 11 is 0. The smallest absolute Gasteiger partial charge is 0.336 e. The van der Waals surface area contributed by atoms with Crippen LogP contribution in [-0.4, -0.2) is 60.2 Å². The SMILES string of the molecule is CC(=O)c1ccc(C(=O)N2CCC3(CCN(C(=O)COc4ccc5c(C)cc(=O)oc5c4)C3)CC2)cc1. The van der Waals surface area contributed by atoms with Crippen molar-refractivity contribution in [3.8, 4) is 5.75 Å². The fourth-order valence-electron chi connectivity index (χ4n) is 5.40. The largest absolute Gasteiger partial charge is 0.484 e. The first kappa shape index (κ1) is 24.7. The van der Waals surface area contributed by atoms with Crippen LogP contribution < -0.4 is 10.4 Å². The molecule has 0 N–H and O–H groups in total. The lowest BCUT2D eigenvalue weighted by molar-refractivity contribution is -0.132. The highest BCUT2D eigenvalue weighted by Crippen LogP contribution is 2.40. The summed E-state index contributed by atoms with van der Waals surface area (Å²) in [5.41, 5.74) is 2.05. The third-order valence-corrected chi connectivity index (χ3v) is 7.73. The van der Waals surface area contributed by atoms with Crippen molar-refractivity contribution >= 4 is 28.6 Å². The molecule has 2 aromatic carbocycles. The zero-order valence-electron chi connectivity index (χ0n) is 21.1. The molecule has 8 nitrogen and oxygen atoms in total. The number of rotatable bonds is 5. The molecule has 0 saturated carbocycles. The first-order valence-electron chi connectivity index (χ1n) is 12.6. The lowest BCUT2D eigenvalue weighted by atomic mass is 9.77. The van der Waals surface area contributed by atoms with Crippen LogP contribution in [0.2, 0.25) is 0 Å². The Morgan fingerprint density at radius 1 is 0.919 bits per heavy atom. The van der Waals surface area contributed by atoms with Crippen molar-refractivity contribution in [3.05, 3.63) is 75.6 Å². The number of nitrogens with zero attached hydrogens (tertiary/aromatic N) is 2. The van der Waals surface area contributed by atoms with Gasteiger partial charge in [0.05, 0.1) is 0 Å². The van der Waals surface area contributed by atoms with Crippen molar-refractivity contribution < 1.29 is 23.5 Å². The topological polar surface area (TPSA) is 97.1 Å². The van der Waals surface area contributed by atoms with Crippen LogP contribution in [0.3, 0.4) is 0 Å². The van der Waals surface area contributed by atoms with Gasteiger partial charge in [-0.05, 0) is 68.4 Å². The van der Waals surface area contributed by atoms with Crippen molar-refractivity contribution in [1.82, 2.24) is 9.80 Å². The van der Waals surface area contributed by atoms with E-state index in [1.807, 2.05) is 22.8 Å². The van der Waals surface area contributed by atoms with Crippen molar-refractivity contribution in [2.24, 2.45) is 5.41 Å². The standard InChI is InChI=1S/C29H30N2O6/c1-19-15-27(34)37-25-16-23(7-8-24(19)25)36-17-26(33)31-14-11-29(18-31)9-12-30(13-10-29)28(35)22-5-3-21(4-6-22)20(2)32/h3-8,15-16H,9-14,17-18H2,1-2H3. The van der Waals surface area contributed by atoms with E-state index in [2.05, 4.69) is 0 Å². The van der Waals surface area contributed by atoms with E-state index in [1.54, 1.807) is 36.4 Å². The fourth-order valence-corrected chi connectivity index (χ4v) is 5.40. The molecule has 0 aliphatic carbocycles. The van der Waals surface area contributed by atoms with Gasteiger partial charge in [0.1, 0.15) is 11.3 Å². The Bertz CT molecular complexity index is 1420. The maximum absolute atomic E-state index is 12.9. The van der Waals surface area contributed by atoms with Crippen LogP contribution in [0.4, 0.5) is 0 Å². The summed E-state index contributed by atoms with van der Waals surface area (Å²) in [5.74, 6) is 0.356. The maximum atomic E-state index is 12.9. The van der Waals surface area contributed by atoms with Crippen LogP contribution >= 0.6 is 0 Å². The molecule has 0 unspecified atom stereocenters. The number of carbonyl (C=O) groups is 3. The number of amides is 2. The molecule has 2 aliphatic heterocycles. The Labute approximate surface area is 214 Å². The summed E-state index contributed by atoms with van der Waals surface area (Å²) < 4.78 is 11.0. The number of aryl methyl sites for hydroxylation is 1. The summed E-state index contributed by atoms with van der Waals surface area (Å²) in [6, 6.07) is 13.5. The van der Waals surface area contributed by atoms with Gasteiger partial charge in [-0.25, -0.2) is 4.79 Å². The molecular formula is C29H30N2O6. The third kappa shape index (κ3) is 5.14. The molecule has 1 spiro atoms. The van der Waals surface area contributed by atoms with Crippen molar-refractivity contribution in [1.29, 1.82) is 0 Å². The van der Waals surface area contributed by atoms with Gasteiger partial charge in [-0.3, -0.25) is 14.4 Å². The number of hydrogen-bond acceptors (Lipinski definition) is 6. The number of piperidine rings is 1. The van der Waals surface area contributed by atoms with E-state index < -0.39 is 5.63 Å². The van der Waals surface area contributed by atoms with Gasteiger partial charge in [0.15, 0.2) is 12.4 Å². The Hall–Kier alpha value is -3.94. The molecule has 2 aliphatic rings. The first-order valence-corrected chi connectivity index (χ1v) is 12.6. The minimum Gasteiger partial charge on any atom is -0.484 e. The monoisotopic (exact) mass is 502 g/mol. The minimum atomic E-state index is -0.417. The highest BCUT2D eigenvalue weighted by atomic mass is 16.5. The third-order valence-electron chi connectivity index (χ3n) is 7.73. The van der Waals surface area contributed by atoms with Gasteiger partial charge in [-0.2, -0.15) is 0 Å². The fraction of sp³-hybridized carbons (Fsp3) is 0.379. The van der Waals surface area contributed by atoms with Crippen LogP contribution in [0, 0.1) is 12.3 Å². The maximum Gasteiger partial charge on any atom is 0.336 e. The number of hydrogen-bond donors (Lipinski definition) is 0. The van der Waals surface area contributed by atoms with E-state index in [9.17, 15) is 19.2 Å². The van der Waals surface area contributed by atoms with Crippen LogP contribution in [0.25, 0.3) is 11.0 Å². The van der Waals surface area contributed by atoms with Crippen molar-refractivity contribution in [3.63, 3.8) is 0 Å². The highest BCUT2D eigenvalue weighted by Gasteiger charge is 2.42. The number of ketones is 1. The highest BCUT2D eigenvalue weighted by molar-refractivity contribution is 5.97. The number of fused-ring (bicyclic) bond motifs is 1. The number of ether oxygens (including phenoxy) is 1. The lowest BCUT2D eigenvalue weighted by Crippen LogP contribution is -2.45. The molecule has 2 amide bonds. The van der Waals surface area contributed by atoms with Gasteiger partial charge in [0, 0.05) is 54.8 Å². The van der Waals surface area contributed by atoms with Crippen LogP contribution in [-0.2, 0) is 4.79 Å². The summed E-state index contributed by atoms with van der Waals surface area (Å²) in [4.78, 5) is 52.7. The molecule has 192 valence electrons. The van der Waals surface area contributed by atoms with Gasteiger partial charge in [0.25, 0.3) is 11.8 Å². The number of benzene rings is 2. The molecule has 0 atom stereocenters. The van der Waals surface area contributed by atoms with Gasteiger partial charge < -0.3 is 19.0 Å². The van der Waals surface area contributed by atoms with Gasteiger partial charge in [-0.15, -0.1) is 0 Å². The predicted octanol–water partition coefficient (Wildman–Crippen LogP) is 3.84. The zero-order valence-corrected chi connectivity index (χ0v) is 21.1. The summed E-state index contributed by atoms with van der Waals surface area (Å²) in [7, 11) is 0. The summed E-state index contributed by atoms with van der Waals surface area (Å²) in [6.07, 6.45) is 2.60. The Morgan fingerprint density at radius 3 is 2.24 bits per heavy atom. The molecule has 0 bridgehead atoms. The average molecular weight is 503 g/mol. The summed E-state index contributed by atoms with van der Waals surface area (Å²) in [5, 5.41) is 0.831. The summed E-state index contributed by atoms with van der Waals surface area (Å²) in [6.45, 7) is 5.90. The molecule has 8 heteroatoms.